The summed E-state index contributed by atoms with van der Waals surface area (Å²) in [5.41, 5.74) is 1.24. The number of hydrogen-bond donors (Lipinski definition) is 1. The first kappa shape index (κ1) is 25.6. The van der Waals surface area contributed by atoms with Crippen molar-refractivity contribution in [3.63, 3.8) is 0 Å². The van der Waals surface area contributed by atoms with Crippen LogP contribution in [0.3, 0.4) is 0 Å². The number of hydrogen-bond acceptors (Lipinski definition) is 4. The van der Waals surface area contributed by atoms with Crippen LogP contribution in [-0.4, -0.2) is 20.9 Å². The van der Waals surface area contributed by atoms with Gasteiger partial charge in [0, 0.05) is 10.0 Å². The predicted octanol–water partition coefficient (Wildman–Crippen LogP) is 6.93. The number of halogens is 2. The van der Waals surface area contributed by atoms with Crippen molar-refractivity contribution in [2.45, 2.75) is 11.8 Å². The zero-order chi connectivity index (χ0) is 25.7. The molecule has 0 bridgehead atoms. The molecule has 0 saturated carbocycles. The minimum atomic E-state index is -4.09. The minimum Gasteiger partial charge on any atom is -0.455 e. The number of para-hydroxylation sites is 1. The van der Waals surface area contributed by atoms with Crippen LogP contribution in [0.1, 0.15) is 5.56 Å². The van der Waals surface area contributed by atoms with Crippen molar-refractivity contribution >= 4 is 50.5 Å². The Morgan fingerprint density at radius 1 is 0.861 bits per heavy atom. The number of aryl methyl sites for hydroxylation is 1. The summed E-state index contributed by atoms with van der Waals surface area (Å²) in [6.45, 7) is 1.25. The van der Waals surface area contributed by atoms with Crippen LogP contribution in [0, 0.1) is 6.92 Å². The van der Waals surface area contributed by atoms with E-state index >= 15 is 0 Å². The molecule has 0 unspecified atom stereocenters. The third-order valence-electron chi connectivity index (χ3n) is 5.25. The van der Waals surface area contributed by atoms with Crippen LogP contribution in [0.15, 0.2) is 102 Å². The van der Waals surface area contributed by atoms with Crippen LogP contribution in [0.25, 0.3) is 0 Å². The van der Waals surface area contributed by atoms with Gasteiger partial charge in [0.05, 0.1) is 16.3 Å². The molecule has 0 aliphatic carbocycles. The van der Waals surface area contributed by atoms with Gasteiger partial charge in [-0.15, -0.1) is 0 Å². The van der Waals surface area contributed by atoms with Crippen molar-refractivity contribution < 1.29 is 17.9 Å². The van der Waals surface area contributed by atoms with Crippen LogP contribution in [0.4, 0.5) is 11.4 Å². The molecule has 1 N–H and O–H groups in total. The minimum absolute atomic E-state index is 0.0491. The first-order chi connectivity index (χ1) is 17.2. The molecule has 4 aromatic carbocycles. The van der Waals surface area contributed by atoms with Crippen molar-refractivity contribution in [2.24, 2.45) is 0 Å². The highest BCUT2D eigenvalue weighted by molar-refractivity contribution is 7.92. The van der Waals surface area contributed by atoms with Crippen LogP contribution in [0.2, 0.25) is 10.0 Å². The lowest BCUT2D eigenvalue weighted by atomic mass is 10.2. The van der Waals surface area contributed by atoms with Crippen LogP contribution in [-0.2, 0) is 14.8 Å². The van der Waals surface area contributed by atoms with Crippen molar-refractivity contribution in [1.29, 1.82) is 0 Å². The Labute approximate surface area is 220 Å². The molecule has 0 saturated heterocycles. The monoisotopic (exact) mass is 540 g/mol. The van der Waals surface area contributed by atoms with Gasteiger partial charge in [-0.1, -0.05) is 65.7 Å². The van der Waals surface area contributed by atoms with Gasteiger partial charge in [-0.05, 0) is 67.1 Å². The molecule has 36 heavy (non-hydrogen) atoms. The van der Waals surface area contributed by atoms with E-state index in [1.54, 1.807) is 67.6 Å². The summed E-state index contributed by atoms with van der Waals surface area (Å²) < 4.78 is 34.2. The smallest absolute Gasteiger partial charge is 0.264 e. The fourth-order valence-corrected chi connectivity index (χ4v) is 5.33. The molecule has 9 heteroatoms. The molecule has 1 amide bonds. The molecule has 184 valence electrons. The molecular weight excluding hydrogens is 519 g/mol. The molecular formula is C27H22Cl2N2O4S. The van der Waals surface area contributed by atoms with E-state index in [-0.39, 0.29) is 4.90 Å². The van der Waals surface area contributed by atoms with Gasteiger partial charge in [-0.25, -0.2) is 8.42 Å². The van der Waals surface area contributed by atoms with Gasteiger partial charge in [0.1, 0.15) is 12.3 Å². The summed E-state index contributed by atoms with van der Waals surface area (Å²) in [4.78, 5) is 13.3. The lowest BCUT2D eigenvalue weighted by molar-refractivity contribution is -0.114. The zero-order valence-electron chi connectivity index (χ0n) is 19.2. The lowest BCUT2D eigenvalue weighted by Crippen LogP contribution is -2.38. The molecule has 0 radical (unpaired) electrons. The van der Waals surface area contributed by atoms with Gasteiger partial charge in [-0.2, -0.15) is 0 Å². The first-order valence-corrected chi connectivity index (χ1v) is 13.1. The number of rotatable bonds is 8. The summed E-state index contributed by atoms with van der Waals surface area (Å²) >= 11 is 12.4. The Kier molecular flexibility index (Phi) is 7.84. The molecule has 0 spiro atoms. The normalized spacial score (nSPS) is 11.1. The average molecular weight is 541 g/mol. The number of carbonyl (C=O) groups is 1. The van der Waals surface area contributed by atoms with Crippen LogP contribution < -0.4 is 14.4 Å². The SMILES string of the molecule is Cc1ccc(Cl)cc1N(CC(=O)Nc1cc(Cl)ccc1Oc1ccccc1)S(=O)(=O)c1ccccc1. The number of amides is 1. The van der Waals surface area contributed by atoms with Crippen molar-refractivity contribution in [2.75, 3.05) is 16.2 Å². The largest absolute Gasteiger partial charge is 0.455 e. The number of carbonyl (C=O) groups excluding carboxylic acids is 1. The number of anilines is 2. The predicted molar refractivity (Wildman–Crippen MR) is 144 cm³/mol. The van der Waals surface area contributed by atoms with Gasteiger partial charge in [0.15, 0.2) is 5.75 Å². The molecule has 0 fully saturated rings. The van der Waals surface area contributed by atoms with Gasteiger partial charge >= 0.3 is 0 Å². The van der Waals surface area contributed by atoms with Gasteiger partial charge < -0.3 is 10.1 Å². The van der Waals surface area contributed by atoms with E-state index in [2.05, 4.69) is 5.32 Å². The maximum Gasteiger partial charge on any atom is 0.264 e. The van der Waals surface area contributed by atoms with Crippen LogP contribution in [0.5, 0.6) is 11.5 Å². The van der Waals surface area contributed by atoms with E-state index in [9.17, 15) is 13.2 Å². The summed E-state index contributed by atoms with van der Waals surface area (Å²) in [7, 11) is -4.09. The summed E-state index contributed by atoms with van der Waals surface area (Å²) in [5.74, 6) is 0.336. The molecule has 6 nitrogen and oxygen atoms in total. The lowest BCUT2D eigenvalue weighted by Gasteiger charge is -2.26. The second-order valence-corrected chi connectivity index (χ2v) is 10.6. The third kappa shape index (κ3) is 5.99. The Bertz CT molecular complexity index is 1480. The zero-order valence-corrected chi connectivity index (χ0v) is 21.5. The van der Waals surface area contributed by atoms with E-state index in [0.29, 0.717) is 38.5 Å². The highest BCUT2D eigenvalue weighted by atomic mass is 35.5. The molecule has 0 heterocycles. The standard InChI is InChI=1S/C27H22Cl2N2O4S/c1-19-12-13-21(29)17-25(19)31(36(33,34)23-10-6-3-7-11-23)18-27(32)30-24-16-20(28)14-15-26(24)35-22-8-4-2-5-9-22/h2-17H,18H2,1H3,(H,30,32). The molecule has 0 aromatic heterocycles. The van der Waals surface area contributed by atoms with Crippen molar-refractivity contribution in [1.82, 2.24) is 0 Å². The van der Waals surface area contributed by atoms with Gasteiger partial charge in [-0.3, -0.25) is 9.10 Å². The van der Waals surface area contributed by atoms with E-state index in [4.69, 9.17) is 27.9 Å². The van der Waals surface area contributed by atoms with E-state index in [1.165, 1.54) is 18.2 Å². The average Bonchev–Trinajstić information content (AvgIpc) is 2.87. The number of sulfonamides is 1. The Hall–Kier alpha value is -3.52. The van der Waals surface area contributed by atoms with Crippen molar-refractivity contribution in [3.8, 4) is 11.5 Å². The maximum atomic E-state index is 13.6. The molecule has 4 rings (SSSR count). The molecule has 0 atom stereocenters. The van der Waals surface area contributed by atoms with Gasteiger partial charge in [0.2, 0.25) is 5.91 Å². The number of benzene rings is 4. The second kappa shape index (κ2) is 11.0. The Morgan fingerprint density at radius 3 is 2.17 bits per heavy atom. The van der Waals surface area contributed by atoms with Crippen LogP contribution >= 0.6 is 23.2 Å². The summed E-state index contributed by atoms with van der Waals surface area (Å²) in [6.07, 6.45) is 0. The second-order valence-electron chi connectivity index (χ2n) is 7.86. The third-order valence-corrected chi connectivity index (χ3v) is 7.49. The fraction of sp³-hybridized carbons (Fsp3) is 0.0741. The topological polar surface area (TPSA) is 75.7 Å². The van der Waals surface area contributed by atoms with Crippen molar-refractivity contribution in [3.05, 3.63) is 113 Å². The van der Waals surface area contributed by atoms with Gasteiger partial charge in [0.25, 0.3) is 10.0 Å². The Balaban J connectivity index is 1.67. The number of ether oxygens (including phenoxy) is 1. The maximum absolute atomic E-state index is 13.6. The highest BCUT2D eigenvalue weighted by Crippen LogP contribution is 2.33. The summed E-state index contributed by atoms with van der Waals surface area (Å²) in [5, 5.41) is 3.47. The van der Waals surface area contributed by atoms with E-state index < -0.39 is 22.5 Å². The fourth-order valence-electron chi connectivity index (χ4n) is 3.50. The quantitative estimate of drug-likeness (QED) is 0.263. The number of nitrogens with zero attached hydrogens (tertiary/aromatic N) is 1. The number of nitrogens with one attached hydrogen (secondary N) is 1. The summed E-state index contributed by atoms with van der Waals surface area (Å²) in [6, 6.07) is 26.6. The Morgan fingerprint density at radius 2 is 1.47 bits per heavy atom. The molecule has 0 aliphatic rings. The van der Waals surface area contributed by atoms with E-state index in [0.717, 1.165) is 4.31 Å². The molecule has 4 aromatic rings. The highest BCUT2D eigenvalue weighted by Gasteiger charge is 2.28. The molecule has 0 aliphatic heterocycles. The first-order valence-electron chi connectivity index (χ1n) is 10.9. The van der Waals surface area contributed by atoms with E-state index in [1.807, 2.05) is 18.2 Å².